The molecule has 0 amide bonds. The van der Waals surface area contributed by atoms with Crippen LogP contribution in [-0.2, 0) is 16.6 Å². The van der Waals surface area contributed by atoms with Crippen LogP contribution in [0.15, 0.2) is 83.8 Å². The summed E-state index contributed by atoms with van der Waals surface area (Å²) in [6.45, 7) is 4.64. The summed E-state index contributed by atoms with van der Waals surface area (Å²) in [5.41, 5.74) is 4.33. The normalized spacial score (nSPS) is 15.4. The molecule has 0 unspecified atom stereocenters. The predicted octanol–water partition coefficient (Wildman–Crippen LogP) is 4.92. The van der Waals surface area contributed by atoms with E-state index in [1.54, 1.807) is 28.6 Å². The molecule has 3 aromatic rings. The Morgan fingerprint density at radius 3 is 1.97 bits per heavy atom. The lowest BCUT2D eigenvalue weighted by Crippen LogP contribution is -2.47. The summed E-state index contributed by atoms with van der Waals surface area (Å²) in [4.78, 5) is 4.86. The predicted molar refractivity (Wildman–Crippen MR) is 136 cm³/mol. The molecule has 5 nitrogen and oxygen atoms in total. The van der Waals surface area contributed by atoms with Crippen molar-refractivity contribution in [2.24, 2.45) is 0 Å². The molecule has 0 aliphatic carbocycles. The van der Waals surface area contributed by atoms with Crippen molar-refractivity contribution >= 4 is 21.4 Å². The Hall–Kier alpha value is -2.83. The minimum atomic E-state index is -3.65. The third-order valence-electron chi connectivity index (χ3n) is 6.34. The molecular formula is C27H33N3O2S. The van der Waals surface area contributed by atoms with Gasteiger partial charge in [-0.3, -0.25) is 9.21 Å². The average molecular weight is 464 g/mol. The number of sulfonamides is 1. The average Bonchev–Trinajstić information content (AvgIpc) is 2.82. The van der Waals surface area contributed by atoms with Crippen molar-refractivity contribution in [3.8, 4) is 0 Å². The minimum Gasteiger partial charge on any atom is -0.378 e. The second kappa shape index (κ2) is 9.98. The smallest absolute Gasteiger partial charge is 0.264 e. The van der Waals surface area contributed by atoms with E-state index < -0.39 is 10.0 Å². The SMILES string of the molecule is Cc1ccc(N(C2CCN(Cc3ccc(N(C)C)cc3)CC2)S(=O)(=O)c2ccccc2)cc1. The summed E-state index contributed by atoms with van der Waals surface area (Å²) < 4.78 is 29.0. The van der Waals surface area contributed by atoms with Gasteiger partial charge in [0.1, 0.15) is 0 Å². The van der Waals surface area contributed by atoms with Gasteiger partial charge in [0.15, 0.2) is 0 Å². The van der Waals surface area contributed by atoms with Crippen LogP contribution in [0.3, 0.4) is 0 Å². The summed E-state index contributed by atoms with van der Waals surface area (Å²) in [6, 6.07) is 25.2. The highest BCUT2D eigenvalue weighted by atomic mass is 32.2. The van der Waals surface area contributed by atoms with Gasteiger partial charge >= 0.3 is 0 Å². The Bertz CT molecular complexity index is 1140. The number of piperidine rings is 1. The fourth-order valence-corrected chi connectivity index (χ4v) is 6.14. The topological polar surface area (TPSA) is 43.9 Å². The van der Waals surface area contributed by atoms with Crippen molar-refractivity contribution in [1.29, 1.82) is 0 Å². The highest BCUT2D eigenvalue weighted by molar-refractivity contribution is 7.92. The number of hydrogen-bond acceptors (Lipinski definition) is 4. The van der Waals surface area contributed by atoms with E-state index in [1.807, 2.05) is 51.4 Å². The van der Waals surface area contributed by atoms with Crippen LogP contribution in [-0.4, -0.2) is 46.5 Å². The zero-order valence-corrected chi connectivity index (χ0v) is 20.5. The quantitative estimate of drug-likeness (QED) is 0.499. The fraction of sp³-hybridized carbons (Fsp3) is 0.333. The van der Waals surface area contributed by atoms with Gasteiger partial charge in [0.2, 0.25) is 0 Å². The van der Waals surface area contributed by atoms with Crippen molar-refractivity contribution in [3.05, 3.63) is 90.0 Å². The standard InChI is InChI=1S/C27H33N3O2S/c1-22-9-13-25(14-10-22)30(33(31,32)27-7-5-4-6-8-27)26-17-19-29(20-18-26)21-23-11-15-24(16-12-23)28(2)3/h4-16,26H,17-21H2,1-3H3. The molecule has 6 heteroatoms. The molecule has 1 saturated heterocycles. The second-order valence-corrected chi connectivity index (χ2v) is 10.8. The molecule has 0 bridgehead atoms. The maximum absolute atomic E-state index is 13.7. The molecular weight excluding hydrogens is 430 g/mol. The van der Waals surface area contributed by atoms with E-state index >= 15 is 0 Å². The molecule has 0 N–H and O–H groups in total. The molecule has 33 heavy (non-hydrogen) atoms. The maximum atomic E-state index is 13.7. The van der Waals surface area contributed by atoms with Gasteiger partial charge in [-0.05, 0) is 61.7 Å². The molecule has 0 aromatic heterocycles. The van der Waals surface area contributed by atoms with Crippen molar-refractivity contribution in [2.75, 3.05) is 36.4 Å². The van der Waals surface area contributed by atoms with Crippen LogP contribution in [0.2, 0.25) is 0 Å². The molecule has 1 heterocycles. The number of nitrogens with zero attached hydrogens (tertiary/aromatic N) is 3. The summed E-state index contributed by atoms with van der Waals surface area (Å²) in [7, 11) is 0.444. The zero-order chi connectivity index (χ0) is 23.4. The van der Waals surface area contributed by atoms with E-state index in [-0.39, 0.29) is 6.04 Å². The van der Waals surface area contributed by atoms with Gasteiger partial charge in [0.25, 0.3) is 10.0 Å². The third kappa shape index (κ3) is 5.40. The highest BCUT2D eigenvalue weighted by Gasteiger charge is 2.34. The second-order valence-electron chi connectivity index (χ2n) is 9.02. The van der Waals surface area contributed by atoms with Gasteiger partial charge in [-0.15, -0.1) is 0 Å². The van der Waals surface area contributed by atoms with Crippen LogP contribution in [0.4, 0.5) is 11.4 Å². The number of likely N-dealkylation sites (tertiary alicyclic amines) is 1. The van der Waals surface area contributed by atoms with Crippen LogP contribution in [0.25, 0.3) is 0 Å². The van der Waals surface area contributed by atoms with Crippen LogP contribution in [0.5, 0.6) is 0 Å². The van der Waals surface area contributed by atoms with Crippen molar-refractivity contribution in [1.82, 2.24) is 4.90 Å². The molecule has 1 fully saturated rings. The van der Waals surface area contributed by atoms with E-state index in [4.69, 9.17) is 0 Å². The first-order valence-corrected chi connectivity index (χ1v) is 12.9. The fourth-order valence-electron chi connectivity index (χ4n) is 4.41. The molecule has 3 aromatic carbocycles. The van der Waals surface area contributed by atoms with Gasteiger partial charge < -0.3 is 4.90 Å². The van der Waals surface area contributed by atoms with Crippen LogP contribution < -0.4 is 9.21 Å². The van der Waals surface area contributed by atoms with Crippen LogP contribution in [0.1, 0.15) is 24.0 Å². The molecule has 0 saturated carbocycles. The molecule has 0 spiro atoms. The number of rotatable bonds is 7. The lowest BCUT2D eigenvalue weighted by Gasteiger charge is -2.39. The largest absolute Gasteiger partial charge is 0.378 e. The van der Waals surface area contributed by atoms with E-state index in [1.165, 1.54) is 11.3 Å². The van der Waals surface area contributed by atoms with Crippen molar-refractivity contribution in [2.45, 2.75) is 37.2 Å². The van der Waals surface area contributed by atoms with Crippen molar-refractivity contribution in [3.63, 3.8) is 0 Å². The Labute approximate surface area is 198 Å². The van der Waals surface area contributed by atoms with Gasteiger partial charge in [0, 0.05) is 45.5 Å². The minimum absolute atomic E-state index is 0.0646. The van der Waals surface area contributed by atoms with Gasteiger partial charge in [-0.1, -0.05) is 48.0 Å². The zero-order valence-electron chi connectivity index (χ0n) is 19.7. The molecule has 174 valence electrons. The van der Waals surface area contributed by atoms with Crippen LogP contribution in [0, 0.1) is 6.92 Å². The van der Waals surface area contributed by atoms with E-state index in [9.17, 15) is 8.42 Å². The molecule has 4 rings (SSSR count). The van der Waals surface area contributed by atoms with Gasteiger partial charge in [-0.2, -0.15) is 0 Å². The van der Waals surface area contributed by atoms with E-state index in [2.05, 4.69) is 34.1 Å². The van der Waals surface area contributed by atoms with E-state index in [0.29, 0.717) is 4.90 Å². The lowest BCUT2D eigenvalue weighted by atomic mass is 10.0. The van der Waals surface area contributed by atoms with Gasteiger partial charge in [-0.25, -0.2) is 8.42 Å². The molecule has 1 aliphatic rings. The number of aryl methyl sites for hydroxylation is 1. The first-order valence-electron chi connectivity index (χ1n) is 11.5. The van der Waals surface area contributed by atoms with Gasteiger partial charge in [0.05, 0.1) is 10.6 Å². The summed E-state index contributed by atoms with van der Waals surface area (Å²) in [6.07, 6.45) is 1.60. The third-order valence-corrected chi connectivity index (χ3v) is 8.23. The molecule has 0 atom stereocenters. The first-order chi connectivity index (χ1) is 15.8. The maximum Gasteiger partial charge on any atom is 0.264 e. The monoisotopic (exact) mass is 463 g/mol. The highest BCUT2D eigenvalue weighted by Crippen LogP contribution is 2.31. The summed E-state index contributed by atoms with van der Waals surface area (Å²) in [5.74, 6) is 0. The summed E-state index contributed by atoms with van der Waals surface area (Å²) >= 11 is 0. The lowest BCUT2D eigenvalue weighted by molar-refractivity contribution is 0.206. The van der Waals surface area contributed by atoms with Crippen molar-refractivity contribution < 1.29 is 8.42 Å². The van der Waals surface area contributed by atoms with E-state index in [0.717, 1.165) is 43.7 Å². The Morgan fingerprint density at radius 1 is 0.818 bits per heavy atom. The van der Waals surface area contributed by atoms with Crippen LogP contribution >= 0.6 is 0 Å². The Morgan fingerprint density at radius 2 is 1.39 bits per heavy atom. The summed E-state index contributed by atoms with van der Waals surface area (Å²) in [5, 5.41) is 0. The Balaban J connectivity index is 1.51. The number of anilines is 2. The molecule has 0 radical (unpaired) electrons. The first kappa shape index (κ1) is 23.3. The Kier molecular flexibility index (Phi) is 7.05. The number of hydrogen-bond donors (Lipinski definition) is 0. The molecule has 1 aliphatic heterocycles. The number of benzene rings is 3.